The van der Waals surface area contributed by atoms with E-state index in [2.05, 4.69) is 0 Å². The van der Waals surface area contributed by atoms with Gasteiger partial charge in [0.05, 0.1) is 0 Å². The van der Waals surface area contributed by atoms with E-state index in [0.717, 1.165) is 19.3 Å². The maximum absolute atomic E-state index is 11.8. The Morgan fingerprint density at radius 2 is 2.07 bits per heavy atom. The lowest BCUT2D eigenvalue weighted by molar-refractivity contribution is -0.147. The van der Waals surface area contributed by atoms with Gasteiger partial charge in [0.15, 0.2) is 0 Å². The third-order valence-electron chi connectivity index (χ3n) is 3.52. The van der Waals surface area contributed by atoms with Crippen molar-refractivity contribution in [3.63, 3.8) is 0 Å². The monoisotopic (exact) mass is 211 g/mol. The van der Waals surface area contributed by atoms with Gasteiger partial charge in [0, 0.05) is 18.5 Å². The summed E-state index contributed by atoms with van der Waals surface area (Å²) >= 11 is 0. The quantitative estimate of drug-likeness (QED) is 0.649. The summed E-state index contributed by atoms with van der Waals surface area (Å²) in [5.41, 5.74) is 10.8. The van der Waals surface area contributed by atoms with Gasteiger partial charge in [0.25, 0.3) is 0 Å². The maximum Gasteiger partial charge on any atom is 0.240 e. The molecule has 1 unspecified atom stereocenters. The molecule has 0 radical (unpaired) electrons. The molecule has 2 aliphatic rings. The fourth-order valence-corrected chi connectivity index (χ4v) is 2.19. The summed E-state index contributed by atoms with van der Waals surface area (Å²) in [5.74, 6) is -0.429. The number of nitrogens with zero attached hydrogens (tertiary/aromatic N) is 1. The highest BCUT2D eigenvalue weighted by Gasteiger charge is 2.41. The Morgan fingerprint density at radius 3 is 2.40 bits per heavy atom. The van der Waals surface area contributed by atoms with Crippen LogP contribution in [0.3, 0.4) is 0 Å². The third kappa shape index (κ3) is 1.84. The van der Waals surface area contributed by atoms with Crippen LogP contribution in [0.1, 0.15) is 32.1 Å². The van der Waals surface area contributed by atoms with Crippen molar-refractivity contribution in [2.24, 2.45) is 11.5 Å². The Bertz CT molecular complexity index is 299. The van der Waals surface area contributed by atoms with Gasteiger partial charge in [-0.05, 0) is 25.7 Å². The first-order valence-electron chi connectivity index (χ1n) is 5.39. The van der Waals surface area contributed by atoms with E-state index >= 15 is 0 Å². The van der Waals surface area contributed by atoms with Crippen LogP contribution in [0.25, 0.3) is 0 Å². The van der Waals surface area contributed by atoms with Crippen molar-refractivity contribution in [3.8, 4) is 0 Å². The Kier molecular flexibility index (Phi) is 2.42. The number of carbonyl (C=O) groups is 2. The van der Waals surface area contributed by atoms with Gasteiger partial charge in [-0.1, -0.05) is 0 Å². The standard InChI is InChI=1S/C10H17N3O2/c11-9(15)7-2-5-13(7)8(14)6-10(12)3-1-4-10/h7H,1-6,12H2,(H2,11,15). The molecule has 4 N–H and O–H groups in total. The van der Waals surface area contributed by atoms with E-state index in [1.54, 1.807) is 4.90 Å². The molecule has 1 heterocycles. The molecule has 2 rings (SSSR count). The zero-order valence-electron chi connectivity index (χ0n) is 8.74. The van der Waals surface area contributed by atoms with Gasteiger partial charge >= 0.3 is 0 Å². The number of rotatable bonds is 3. The van der Waals surface area contributed by atoms with Crippen molar-refractivity contribution < 1.29 is 9.59 Å². The molecule has 1 atom stereocenters. The molecule has 0 bridgehead atoms. The Hall–Kier alpha value is -1.10. The second-order valence-corrected chi connectivity index (χ2v) is 4.69. The summed E-state index contributed by atoms with van der Waals surface area (Å²) in [4.78, 5) is 24.3. The fourth-order valence-electron chi connectivity index (χ4n) is 2.19. The molecule has 2 fully saturated rings. The summed E-state index contributed by atoms with van der Waals surface area (Å²) < 4.78 is 0. The van der Waals surface area contributed by atoms with E-state index in [1.807, 2.05) is 0 Å². The molecule has 1 saturated carbocycles. The van der Waals surface area contributed by atoms with E-state index in [0.29, 0.717) is 19.4 Å². The van der Waals surface area contributed by atoms with Crippen LogP contribution in [-0.2, 0) is 9.59 Å². The molecule has 2 amide bonds. The summed E-state index contributed by atoms with van der Waals surface area (Å²) in [6, 6.07) is -0.388. The van der Waals surface area contributed by atoms with Crippen LogP contribution in [0, 0.1) is 0 Å². The lowest BCUT2D eigenvalue weighted by Crippen LogP contribution is -2.60. The molecule has 1 saturated heterocycles. The van der Waals surface area contributed by atoms with E-state index < -0.39 is 5.91 Å². The number of hydrogen-bond acceptors (Lipinski definition) is 3. The van der Waals surface area contributed by atoms with Crippen LogP contribution in [0.4, 0.5) is 0 Å². The van der Waals surface area contributed by atoms with Crippen LogP contribution in [0.2, 0.25) is 0 Å². The van der Waals surface area contributed by atoms with Gasteiger partial charge in [-0.15, -0.1) is 0 Å². The number of hydrogen-bond donors (Lipinski definition) is 2. The number of amides is 2. The molecule has 0 aromatic heterocycles. The van der Waals surface area contributed by atoms with Crippen molar-refractivity contribution in [2.75, 3.05) is 6.54 Å². The Balaban J connectivity index is 1.88. The minimum atomic E-state index is -0.408. The molecular weight excluding hydrogens is 194 g/mol. The van der Waals surface area contributed by atoms with Crippen LogP contribution in [0.5, 0.6) is 0 Å². The third-order valence-corrected chi connectivity index (χ3v) is 3.52. The molecule has 1 aliphatic carbocycles. The Labute approximate surface area is 88.8 Å². The second kappa shape index (κ2) is 3.48. The van der Waals surface area contributed by atoms with Crippen molar-refractivity contribution in [1.29, 1.82) is 0 Å². The highest BCUT2D eigenvalue weighted by atomic mass is 16.2. The first-order valence-corrected chi connectivity index (χ1v) is 5.39. The van der Waals surface area contributed by atoms with Gasteiger partial charge in [-0.25, -0.2) is 0 Å². The first kappa shape index (κ1) is 10.4. The maximum atomic E-state index is 11.8. The average molecular weight is 211 g/mol. The van der Waals surface area contributed by atoms with Crippen molar-refractivity contribution in [1.82, 2.24) is 4.90 Å². The molecule has 84 valence electrons. The predicted octanol–water partition coefficient (Wildman–Crippen LogP) is -0.656. The molecule has 0 aromatic carbocycles. The SMILES string of the molecule is NC(=O)C1CCN1C(=O)CC1(N)CCC1. The predicted molar refractivity (Wildman–Crippen MR) is 54.7 cm³/mol. The van der Waals surface area contributed by atoms with Crippen LogP contribution >= 0.6 is 0 Å². The first-order chi connectivity index (χ1) is 7.02. The number of carbonyl (C=O) groups excluding carboxylic acids is 2. The largest absolute Gasteiger partial charge is 0.368 e. The molecule has 5 heteroatoms. The van der Waals surface area contributed by atoms with Crippen LogP contribution in [0.15, 0.2) is 0 Å². The summed E-state index contributed by atoms with van der Waals surface area (Å²) in [5, 5.41) is 0. The molecule has 0 aromatic rings. The van der Waals surface area contributed by atoms with E-state index in [9.17, 15) is 9.59 Å². The van der Waals surface area contributed by atoms with Crippen molar-refractivity contribution in [3.05, 3.63) is 0 Å². The van der Waals surface area contributed by atoms with Crippen molar-refractivity contribution in [2.45, 2.75) is 43.7 Å². The zero-order chi connectivity index (χ0) is 11.1. The summed E-state index contributed by atoms with van der Waals surface area (Å²) in [7, 11) is 0. The van der Waals surface area contributed by atoms with Gasteiger partial charge < -0.3 is 16.4 Å². The topological polar surface area (TPSA) is 89.4 Å². The molecule has 15 heavy (non-hydrogen) atoms. The fraction of sp³-hybridized carbons (Fsp3) is 0.800. The van der Waals surface area contributed by atoms with E-state index in [1.165, 1.54) is 0 Å². The van der Waals surface area contributed by atoms with Crippen LogP contribution in [-0.4, -0.2) is 34.8 Å². The normalized spacial score (nSPS) is 27.8. The second-order valence-electron chi connectivity index (χ2n) is 4.69. The lowest BCUT2D eigenvalue weighted by atomic mass is 9.75. The van der Waals surface area contributed by atoms with Crippen molar-refractivity contribution >= 4 is 11.8 Å². The van der Waals surface area contributed by atoms with E-state index in [-0.39, 0.29) is 17.5 Å². The zero-order valence-corrected chi connectivity index (χ0v) is 8.74. The minimum Gasteiger partial charge on any atom is -0.368 e. The highest BCUT2D eigenvalue weighted by Crippen LogP contribution is 2.33. The average Bonchev–Trinajstić information content (AvgIpc) is 1.97. The Morgan fingerprint density at radius 1 is 1.40 bits per heavy atom. The van der Waals surface area contributed by atoms with Gasteiger partial charge in [-0.3, -0.25) is 9.59 Å². The molecule has 5 nitrogen and oxygen atoms in total. The lowest BCUT2D eigenvalue weighted by Gasteiger charge is -2.43. The summed E-state index contributed by atoms with van der Waals surface area (Å²) in [6.07, 6.45) is 3.97. The number of nitrogens with two attached hydrogens (primary N) is 2. The molecule has 0 spiro atoms. The number of likely N-dealkylation sites (tertiary alicyclic amines) is 1. The smallest absolute Gasteiger partial charge is 0.240 e. The number of primary amides is 1. The van der Waals surface area contributed by atoms with E-state index in [4.69, 9.17) is 11.5 Å². The minimum absolute atomic E-state index is 0.0211. The van der Waals surface area contributed by atoms with Gasteiger partial charge in [-0.2, -0.15) is 0 Å². The van der Waals surface area contributed by atoms with Crippen LogP contribution < -0.4 is 11.5 Å². The van der Waals surface area contributed by atoms with Gasteiger partial charge in [0.1, 0.15) is 6.04 Å². The molecule has 1 aliphatic heterocycles. The van der Waals surface area contributed by atoms with Gasteiger partial charge in [0.2, 0.25) is 11.8 Å². The molecular formula is C10H17N3O2. The summed E-state index contributed by atoms with van der Waals surface area (Å²) in [6.45, 7) is 0.641. The highest BCUT2D eigenvalue weighted by molar-refractivity contribution is 5.88.